The van der Waals surface area contributed by atoms with Crippen molar-refractivity contribution in [2.45, 2.75) is 52.0 Å². The Morgan fingerprint density at radius 1 is 1.31 bits per heavy atom. The van der Waals surface area contributed by atoms with Crippen LogP contribution >= 0.6 is 0 Å². The minimum Gasteiger partial charge on any atom is -0.458 e. The molecule has 0 spiro atoms. The molecule has 0 aliphatic carbocycles. The zero-order valence-electron chi connectivity index (χ0n) is 18.3. The van der Waals surface area contributed by atoms with Crippen LogP contribution in [0.1, 0.15) is 54.2 Å². The van der Waals surface area contributed by atoms with Gasteiger partial charge in [0, 0.05) is 29.7 Å². The van der Waals surface area contributed by atoms with Gasteiger partial charge in [-0.1, -0.05) is 6.92 Å². The lowest BCUT2D eigenvalue weighted by atomic mass is 9.86. The zero-order valence-corrected chi connectivity index (χ0v) is 18.3. The highest BCUT2D eigenvalue weighted by atomic mass is 19.1. The topological polar surface area (TPSA) is 90.7 Å². The average Bonchev–Trinajstić information content (AvgIpc) is 3.14. The first kappa shape index (κ1) is 20.8. The summed E-state index contributed by atoms with van der Waals surface area (Å²) in [7, 11) is 1.59. The smallest absolute Gasteiger partial charge is 0.343 e. The molecule has 0 unspecified atom stereocenters. The van der Waals surface area contributed by atoms with Crippen LogP contribution in [0.3, 0.4) is 0 Å². The number of methoxy groups -OCH3 is 1. The number of cyclic esters (lactones) is 1. The standard InChI is InChI=1S/C24H23FN2O5/c1-5-24(30)16-7-19-21-14(9-27(19)22(28)15(16)10-32-23(24)29)20(12(3)31-4)13-6-11(2)17(25)8-18(13)26-21/h6-8,12,30H,5,9-10H2,1-4H3/t12-,24-/m0/s1. The van der Waals surface area contributed by atoms with E-state index in [0.29, 0.717) is 22.5 Å². The van der Waals surface area contributed by atoms with Crippen molar-refractivity contribution in [3.8, 4) is 11.4 Å². The first-order valence-electron chi connectivity index (χ1n) is 10.5. The monoisotopic (exact) mass is 438 g/mol. The van der Waals surface area contributed by atoms with Gasteiger partial charge in [0.2, 0.25) is 0 Å². The van der Waals surface area contributed by atoms with Gasteiger partial charge in [0.05, 0.1) is 35.1 Å². The van der Waals surface area contributed by atoms with Crippen molar-refractivity contribution in [3.63, 3.8) is 0 Å². The molecule has 0 saturated carbocycles. The van der Waals surface area contributed by atoms with Crippen LogP contribution in [0.4, 0.5) is 4.39 Å². The summed E-state index contributed by atoms with van der Waals surface area (Å²) < 4.78 is 26.7. The van der Waals surface area contributed by atoms with E-state index < -0.39 is 11.6 Å². The largest absolute Gasteiger partial charge is 0.458 e. The average molecular weight is 438 g/mol. The molecule has 0 saturated heterocycles. The molecule has 0 fully saturated rings. The van der Waals surface area contributed by atoms with E-state index in [1.54, 1.807) is 37.7 Å². The molecule has 1 aromatic carbocycles. The Labute approximate surface area is 183 Å². The molecule has 2 atom stereocenters. The molecule has 4 heterocycles. The quantitative estimate of drug-likeness (QED) is 0.494. The van der Waals surface area contributed by atoms with Crippen molar-refractivity contribution >= 4 is 16.9 Å². The number of esters is 1. The Hall–Kier alpha value is -3.10. The third kappa shape index (κ3) is 2.63. The van der Waals surface area contributed by atoms with E-state index in [9.17, 15) is 19.1 Å². The van der Waals surface area contributed by atoms with Crippen LogP contribution in [0.2, 0.25) is 0 Å². The molecule has 7 nitrogen and oxygen atoms in total. The van der Waals surface area contributed by atoms with E-state index in [4.69, 9.17) is 14.5 Å². The summed E-state index contributed by atoms with van der Waals surface area (Å²) in [6.45, 7) is 5.32. The second-order valence-electron chi connectivity index (χ2n) is 8.45. The maximum Gasteiger partial charge on any atom is 0.343 e. The van der Waals surface area contributed by atoms with Crippen molar-refractivity contribution in [1.29, 1.82) is 0 Å². The molecule has 5 rings (SSSR count). The van der Waals surface area contributed by atoms with Gasteiger partial charge in [0.25, 0.3) is 5.56 Å². The van der Waals surface area contributed by atoms with Gasteiger partial charge in [0.1, 0.15) is 12.4 Å². The third-order valence-corrected chi connectivity index (χ3v) is 6.77. The number of pyridine rings is 2. The molecular formula is C24H23FN2O5. The van der Waals surface area contributed by atoms with Crippen molar-refractivity contribution in [2.24, 2.45) is 0 Å². The number of ether oxygens (including phenoxy) is 2. The minimum absolute atomic E-state index is 0.0657. The molecule has 1 N–H and O–H groups in total. The lowest BCUT2D eigenvalue weighted by Crippen LogP contribution is -2.44. The molecular weight excluding hydrogens is 415 g/mol. The Morgan fingerprint density at radius 2 is 2.06 bits per heavy atom. The van der Waals surface area contributed by atoms with Crippen molar-refractivity contribution in [3.05, 3.63) is 62.2 Å². The van der Waals surface area contributed by atoms with E-state index in [1.807, 2.05) is 6.92 Å². The third-order valence-electron chi connectivity index (χ3n) is 6.77. The van der Waals surface area contributed by atoms with Gasteiger partial charge in [0.15, 0.2) is 5.60 Å². The first-order chi connectivity index (χ1) is 15.2. The normalized spacial score (nSPS) is 20.0. The number of carbonyl (C=O) groups is 1. The zero-order chi connectivity index (χ0) is 22.9. The van der Waals surface area contributed by atoms with Gasteiger partial charge in [-0.25, -0.2) is 14.2 Å². The molecule has 0 amide bonds. The van der Waals surface area contributed by atoms with Crippen molar-refractivity contribution in [1.82, 2.24) is 9.55 Å². The number of aryl methyl sites for hydroxylation is 1. The second kappa shape index (κ2) is 6.95. The number of halogens is 1. The Kier molecular flexibility index (Phi) is 4.51. The molecule has 32 heavy (non-hydrogen) atoms. The Morgan fingerprint density at radius 3 is 2.75 bits per heavy atom. The summed E-state index contributed by atoms with van der Waals surface area (Å²) in [5.41, 5.74) is 1.89. The molecule has 2 aliphatic rings. The van der Waals surface area contributed by atoms with E-state index >= 15 is 0 Å². The number of aromatic nitrogens is 2. The van der Waals surface area contributed by atoms with Crippen LogP contribution in [0, 0.1) is 12.7 Å². The maximum atomic E-state index is 14.4. The summed E-state index contributed by atoms with van der Waals surface area (Å²) >= 11 is 0. The van der Waals surface area contributed by atoms with Gasteiger partial charge in [-0.15, -0.1) is 0 Å². The summed E-state index contributed by atoms with van der Waals surface area (Å²) in [4.78, 5) is 30.4. The molecule has 0 radical (unpaired) electrons. The van der Waals surface area contributed by atoms with Crippen LogP contribution in [0.25, 0.3) is 22.3 Å². The minimum atomic E-state index is -1.90. The van der Waals surface area contributed by atoms with Crippen LogP contribution in [0.15, 0.2) is 23.0 Å². The molecule has 2 aromatic heterocycles. The maximum absolute atomic E-state index is 14.4. The van der Waals surface area contributed by atoms with Gasteiger partial charge in [-0.3, -0.25) is 4.79 Å². The van der Waals surface area contributed by atoms with E-state index in [-0.39, 0.29) is 48.2 Å². The van der Waals surface area contributed by atoms with E-state index in [1.165, 1.54) is 6.07 Å². The number of hydrogen-bond donors (Lipinski definition) is 1. The fraction of sp³-hybridized carbons (Fsp3) is 0.375. The predicted molar refractivity (Wildman–Crippen MR) is 115 cm³/mol. The van der Waals surface area contributed by atoms with Crippen LogP contribution in [-0.4, -0.2) is 27.7 Å². The highest BCUT2D eigenvalue weighted by Gasteiger charge is 2.45. The number of rotatable bonds is 3. The number of benzene rings is 1. The summed E-state index contributed by atoms with van der Waals surface area (Å²) in [6.07, 6.45) is -0.257. The van der Waals surface area contributed by atoms with Crippen LogP contribution in [-0.2, 0) is 33.0 Å². The fourth-order valence-electron chi connectivity index (χ4n) is 4.82. The van der Waals surface area contributed by atoms with Crippen LogP contribution in [0.5, 0.6) is 0 Å². The summed E-state index contributed by atoms with van der Waals surface area (Å²) in [5, 5.41) is 11.8. The van der Waals surface area contributed by atoms with Crippen molar-refractivity contribution < 1.29 is 23.8 Å². The molecule has 8 heteroatoms. The number of nitrogens with zero attached hydrogens (tertiary/aromatic N) is 2. The molecule has 3 aromatic rings. The Bertz CT molecular complexity index is 1380. The van der Waals surface area contributed by atoms with Crippen LogP contribution < -0.4 is 5.56 Å². The second-order valence-corrected chi connectivity index (χ2v) is 8.45. The van der Waals surface area contributed by atoms with Gasteiger partial charge in [-0.2, -0.15) is 0 Å². The lowest BCUT2D eigenvalue weighted by Gasteiger charge is -2.31. The number of hydrogen-bond acceptors (Lipinski definition) is 6. The number of fused-ring (bicyclic) bond motifs is 5. The highest BCUT2D eigenvalue weighted by molar-refractivity contribution is 5.90. The molecule has 0 bridgehead atoms. The Balaban J connectivity index is 1.86. The number of aliphatic hydroxyl groups is 1. The summed E-state index contributed by atoms with van der Waals surface area (Å²) in [6, 6.07) is 4.79. The SMILES string of the molecule is CC[C@@]1(O)C(=O)OCc2c1cc1n(c2=O)Cc2c-1nc1cc(F)c(C)cc1c2[C@H](C)OC. The fourth-order valence-corrected chi connectivity index (χ4v) is 4.82. The van der Waals surface area contributed by atoms with Gasteiger partial charge >= 0.3 is 5.97 Å². The van der Waals surface area contributed by atoms with Gasteiger partial charge in [-0.05, 0) is 43.5 Å². The summed E-state index contributed by atoms with van der Waals surface area (Å²) in [5.74, 6) is -1.14. The molecule has 2 aliphatic heterocycles. The highest BCUT2D eigenvalue weighted by Crippen LogP contribution is 2.42. The lowest BCUT2D eigenvalue weighted by molar-refractivity contribution is -0.172. The van der Waals surface area contributed by atoms with E-state index in [2.05, 4.69) is 0 Å². The van der Waals surface area contributed by atoms with E-state index in [0.717, 1.165) is 16.5 Å². The molecule has 166 valence electrons. The predicted octanol–water partition coefficient (Wildman–Crippen LogP) is 3.23. The van der Waals surface area contributed by atoms with Crippen molar-refractivity contribution in [2.75, 3.05) is 7.11 Å². The first-order valence-corrected chi connectivity index (χ1v) is 10.5. The number of carbonyl (C=O) groups excluding carboxylic acids is 1. The van der Waals surface area contributed by atoms with Gasteiger partial charge < -0.3 is 19.1 Å².